The van der Waals surface area contributed by atoms with Crippen LogP contribution < -0.4 is 10.2 Å². The summed E-state index contributed by atoms with van der Waals surface area (Å²) in [6.07, 6.45) is -3.09. The van der Waals surface area contributed by atoms with Gasteiger partial charge in [0.15, 0.2) is 5.76 Å². The third kappa shape index (κ3) is 3.83. The summed E-state index contributed by atoms with van der Waals surface area (Å²) >= 11 is 0. The molecule has 3 aromatic heterocycles. The van der Waals surface area contributed by atoms with Crippen LogP contribution in [0.1, 0.15) is 21.6 Å². The van der Waals surface area contributed by atoms with Crippen LogP contribution in [-0.4, -0.2) is 30.1 Å². The summed E-state index contributed by atoms with van der Waals surface area (Å²) < 4.78 is 50.2. The smallest absolute Gasteiger partial charge is 0.416 e. The lowest BCUT2D eigenvalue weighted by atomic mass is 10.1. The Kier molecular flexibility index (Phi) is 4.92. The minimum atomic E-state index is -4.55. The maximum atomic E-state index is 13.2. The van der Waals surface area contributed by atoms with Gasteiger partial charge in [0.2, 0.25) is 0 Å². The number of carbonyl (C=O) groups excluding carboxylic acids is 1. The van der Waals surface area contributed by atoms with E-state index in [9.17, 15) is 18.0 Å². The number of anilines is 2. The van der Waals surface area contributed by atoms with E-state index in [0.717, 1.165) is 12.1 Å². The number of hydrogen-bond acceptors (Lipinski definition) is 6. The second-order valence-electron chi connectivity index (χ2n) is 7.06. The number of fused-ring (bicyclic) bond motifs is 1. The Morgan fingerprint density at radius 2 is 1.94 bits per heavy atom. The molecule has 0 aliphatic rings. The quantitative estimate of drug-likeness (QED) is 0.483. The fraction of sp³-hybridized carbons (Fsp3) is 0.190. The number of aromatic nitrogens is 2. The van der Waals surface area contributed by atoms with Gasteiger partial charge in [-0.2, -0.15) is 13.2 Å². The molecule has 0 fully saturated rings. The van der Waals surface area contributed by atoms with Crippen molar-refractivity contribution >= 4 is 28.4 Å². The van der Waals surface area contributed by atoms with Gasteiger partial charge in [0.25, 0.3) is 11.6 Å². The summed E-state index contributed by atoms with van der Waals surface area (Å²) in [5.74, 6) is -0.230. The summed E-state index contributed by atoms with van der Waals surface area (Å²) in [6.45, 7) is 1.65. The van der Waals surface area contributed by atoms with Crippen molar-refractivity contribution in [1.29, 1.82) is 0 Å². The molecule has 4 rings (SSSR count). The van der Waals surface area contributed by atoms with Crippen LogP contribution in [0, 0.1) is 6.92 Å². The minimum absolute atomic E-state index is 0.0171. The molecule has 0 spiro atoms. The predicted octanol–water partition coefficient (Wildman–Crippen LogP) is 5.13. The van der Waals surface area contributed by atoms with Crippen molar-refractivity contribution in [3.8, 4) is 11.5 Å². The molecule has 0 radical (unpaired) electrons. The van der Waals surface area contributed by atoms with Gasteiger partial charge in [-0.1, -0.05) is 5.16 Å². The number of furan rings is 1. The highest BCUT2D eigenvalue weighted by molar-refractivity contribution is 6.13. The Morgan fingerprint density at radius 1 is 1.16 bits per heavy atom. The van der Waals surface area contributed by atoms with Crippen LogP contribution in [0.5, 0.6) is 0 Å². The summed E-state index contributed by atoms with van der Waals surface area (Å²) in [5, 5.41) is 6.82. The van der Waals surface area contributed by atoms with Crippen molar-refractivity contribution in [2.45, 2.75) is 13.1 Å². The minimum Gasteiger partial charge on any atom is -0.463 e. The maximum Gasteiger partial charge on any atom is 0.416 e. The number of nitrogens with zero attached hydrogens (tertiary/aromatic N) is 3. The van der Waals surface area contributed by atoms with Gasteiger partial charge in [-0.3, -0.25) is 4.79 Å². The summed E-state index contributed by atoms with van der Waals surface area (Å²) in [6, 6.07) is 7.99. The molecule has 0 bridgehead atoms. The van der Waals surface area contributed by atoms with E-state index in [0.29, 0.717) is 28.2 Å². The van der Waals surface area contributed by atoms with Gasteiger partial charge in [0.05, 0.1) is 39.8 Å². The Hall–Kier alpha value is -3.82. The molecule has 1 amide bonds. The second kappa shape index (κ2) is 7.46. The van der Waals surface area contributed by atoms with E-state index in [1.54, 1.807) is 38.1 Å². The normalized spacial score (nSPS) is 11.7. The lowest BCUT2D eigenvalue weighted by Crippen LogP contribution is -2.18. The predicted molar refractivity (Wildman–Crippen MR) is 108 cm³/mol. The van der Waals surface area contributed by atoms with Crippen LogP contribution in [-0.2, 0) is 6.18 Å². The molecule has 0 aliphatic carbocycles. The van der Waals surface area contributed by atoms with Gasteiger partial charge in [0.1, 0.15) is 5.69 Å². The zero-order valence-electron chi connectivity index (χ0n) is 16.7. The van der Waals surface area contributed by atoms with Crippen LogP contribution >= 0.6 is 0 Å². The lowest BCUT2D eigenvalue weighted by molar-refractivity contribution is -0.137. The summed E-state index contributed by atoms with van der Waals surface area (Å²) in [5.41, 5.74) is 0.589. The van der Waals surface area contributed by atoms with Crippen LogP contribution in [0.3, 0.4) is 0 Å². The third-order valence-electron chi connectivity index (χ3n) is 4.69. The molecule has 4 aromatic rings. The molecule has 7 nitrogen and oxygen atoms in total. The third-order valence-corrected chi connectivity index (χ3v) is 4.69. The molecule has 0 saturated carbocycles. The van der Waals surface area contributed by atoms with Crippen molar-refractivity contribution in [3.63, 3.8) is 0 Å². The topological polar surface area (TPSA) is 84.4 Å². The molecule has 0 unspecified atom stereocenters. The van der Waals surface area contributed by atoms with Gasteiger partial charge in [-0.05, 0) is 43.3 Å². The summed E-state index contributed by atoms with van der Waals surface area (Å²) in [7, 11) is 3.34. The van der Waals surface area contributed by atoms with Gasteiger partial charge in [0, 0.05) is 14.1 Å². The monoisotopic (exact) mass is 430 g/mol. The van der Waals surface area contributed by atoms with E-state index >= 15 is 0 Å². The van der Waals surface area contributed by atoms with E-state index in [-0.39, 0.29) is 17.0 Å². The number of rotatable bonds is 4. The van der Waals surface area contributed by atoms with Gasteiger partial charge >= 0.3 is 6.18 Å². The maximum absolute atomic E-state index is 13.2. The average Bonchev–Trinajstić information content (AvgIpc) is 3.37. The number of hydrogen-bond donors (Lipinski definition) is 1. The Bertz CT molecular complexity index is 1260. The molecule has 10 heteroatoms. The SMILES string of the molecule is Cc1noc2nc(-c3ccco3)cc(C(=O)Nc3cc(C(F)(F)F)ccc3N(C)C)c12. The van der Waals surface area contributed by atoms with Gasteiger partial charge in [-0.25, -0.2) is 4.98 Å². The van der Waals surface area contributed by atoms with Crippen molar-refractivity contribution in [2.75, 3.05) is 24.3 Å². The van der Waals surface area contributed by atoms with Gasteiger partial charge < -0.3 is 19.2 Å². The highest BCUT2D eigenvalue weighted by Gasteiger charge is 2.31. The molecule has 1 aromatic carbocycles. The first kappa shape index (κ1) is 20.5. The molecule has 0 aliphatic heterocycles. The van der Waals surface area contributed by atoms with E-state index < -0.39 is 17.6 Å². The van der Waals surface area contributed by atoms with Crippen LogP contribution in [0.4, 0.5) is 24.5 Å². The lowest BCUT2D eigenvalue weighted by Gasteiger charge is -2.20. The highest BCUT2D eigenvalue weighted by atomic mass is 19.4. The first-order valence-electron chi connectivity index (χ1n) is 9.16. The number of benzene rings is 1. The van der Waals surface area contributed by atoms with Crippen molar-refractivity contribution < 1.29 is 26.9 Å². The van der Waals surface area contributed by atoms with Gasteiger partial charge in [-0.15, -0.1) is 0 Å². The molecule has 0 atom stereocenters. The number of pyridine rings is 1. The Balaban J connectivity index is 1.81. The first-order chi connectivity index (χ1) is 14.6. The molecule has 31 heavy (non-hydrogen) atoms. The fourth-order valence-electron chi connectivity index (χ4n) is 3.22. The molecular weight excluding hydrogens is 413 g/mol. The van der Waals surface area contributed by atoms with Crippen LogP contribution in [0.15, 0.2) is 51.6 Å². The van der Waals surface area contributed by atoms with E-state index in [1.807, 2.05) is 0 Å². The average molecular weight is 430 g/mol. The first-order valence-corrected chi connectivity index (χ1v) is 9.16. The zero-order chi connectivity index (χ0) is 22.3. The number of alkyl halides is 3. The van der Waals surface area contributed by atoms with E-state index in [1.165, 1.54) is 18.4 Å². The van der Waals surface area contributed by atoms with E-state index in [4.69, 9.17) is 8.94 Å². The van der Waals surface area contributed by atoms with Crippen molar-refractivity contribution in [1.82, 2.24) is 10.1 Å². The number of amides is 1. The molecule has 160 valence electrons. The van der Waals surface area contributed by atoms with Crippen molar-refractivity contribution in [2.24, 2.45) is 0 Å². The second-order valence-corrected chi connectivity index (χ2v) is 7.06. The standard InChI is InChI=1S/C21H17F3N4O3/c1-11-18-13(10-15(17-5-4-8-30-17)26-20(18)31-27-11)19(29)25-14-9-12(21(22,23)24)6-7-16(14)28(2)3/h4-10H,1-3H3,(H,25,29). The Labute approximate surface area is 174 Å². The van der Waals surface area contributed by atoms with Crippen molar-refractivity contribution in [3.05, 3.63) is 59.5 Å². The number of carbonyl (C=O) groups is 1. The summed E-state index contributed by atoms with van der Waals surface area (Å²) in [4.78, 5) is 19.1. The molecule has 0 saturated heterocycles. The Morgan fingerprint density at radius 3 is 2.58 bits per heavy atom. The number of aryl methyl sites for hydroxylation is 1. The van der Waals surface area contributed by atoms with Crippen LogP contribution in [0.25, 0.3) is 22.6 Å². The molecule has 1 N–H and O–H groups in total. The van der Waals surface area contributed by atoms with E-state index in [2.05, 4.69) is 15.5 Å². The number of nitrogens with one attached hydrogen (secondary N) is 1. The van der Waals surface area contributed by atoms with Crippen LogP contribution in [0.2, 0.25) is 0 Å². The number of halogens is 3. The molecule has 3 heterocycles. The zero-order valence-corrected chi connectivity index (χ0v) is 16.7. The molecular formula is C21H17F3N4O3. The largest absolute Gasteiger partial charge is 0.463 e. The fourth-order valence-corrected chi connectivity index (χ4v) is 3.22. The highest BCUT2D eigenvalue weighted by Crippen LogP contribution is 2.35.